The van der Waals surface area contributed by atoms with E-state index in [2.05, 4.69) is 10.1 Å². The zero-order chi connectivity index (χ0) is 27.3. The van der Waals surface area contributed by atoms with Gasteiger partial charge in [0.2, 0.25) is 5.75 Å². The summed E-state index contributed by atoms with van der Waals surface area (Å²) in [6.45, 7) is 3.77. The maximum Gasteiger partial charge on any atom is 0.664 e. The number of nitrogens with zero attached hydrogens (tertiary/aromatic N) is 1. The lowest BCUT2D eigenvalue weighted by molar-refractivity contribution is -0.491. The molecule has 1 spiro atoms. The van der Waals surface area contributed by atoms with E-state index in [-0.39, 0.29) is 37.7 Å². The number of hydrogen-bond acceptors (Lipinski definition) is 10. The normalized spacial score (nSPS) is 25.4. The highest BCUT2D eigenvalue weighted by atomic mass is 31.1. The van der Waals surface area contributed by atoms with Crippen LogP contribution in [-0.4, -0.2) is 58.2 Å². The fourth-order valence-corrected chi connectivity index (χ4v) is 5.32. The predicted octanol–water partition coefficient (Wildman–Crippen LogP) is 1.60. The molecule has 3 N–H and O–H groups in total. The molecule has 0 radical (unpaired) electrons. The Hall–Kier alpha value is -3.09. The Morgan fingerprint density at radius 1 is 1.32 bits per heavy atom. The Balaban J connectivity index is 1.40. The number of nitrogens with one attached hydrogen (secondary N) is 2. The summed E-state index contributed by atoms with van der Waals surface area (Å²) in [7, 11) is -2.49. The van der Waals surface area contributed by atoms with Gasteiger partial charge in [0, 0.05) is 22.7 Å². The lowest BCUT2D eigenvalue weighted by Crippen LogP contribution is -2.61. The lowest BCUT2D eigenvalue weighted by Gasteiger charge is -2.43. The summed E-state index contributed by atoms with van der Waals surface area (Å²) < 4.78 is 30.1. The Kier molecular flexibility index (Phi) is 8.95. The first-order chi connectivity index (χ1) is 18.3. The molecule has 2 fully saturated rings. The van der Waals surface area contributed by atoms with Crippen molar-refractivity contribution in [1.82, 2.24) is 14.6 Å². The third-order valence-corrected chi connectivity index (χ3v) is 7.58. The largest absolute Gasteiger partial charge is 0.664 e. The van der Waals surface area contributed by atoms with Crippen LogP contribution in [0, 0.1) is 5.92 Å². The highest BCUT2D eigenvalue weighted by Gasteiger charge is 2.63. The molecule has 1 aromatic carbocycles. The van der Waals surface area contributed by atoms with Crippen LogP contribution in [0.4, 0.5) is 0 Å². The molecule has 14 heteroatoms. The maximum absolute atomic E-state index is 12.5. The molecule has 206 valence electrons. The minimum absolute atomic E-state index is 0.00101. The minimum atomic E-state index is -2.49. The van der Waals surface area contributed by atoms with Crippen molar-refractivity contribution in [3.63, 3.8) is 0 Å². The van der Waals surface area contributed by atoms with Gasteiger partial charge >= 0.3 is 19.8 Å². The quantitative estimate of drug-likeness (QED) is 0.151. The number of H-pyrrole nitrogens is 1. The van der Waals surface area contributed by atoms with Gasteiger partial charge in [0.1, 0.15) is 12.6 Å². The molecule has 2 aromatic rings. The summed E-state index contributed by atoms with van der Waals surface area (Å²) in [5, 5.41) is 13.6. The first-order valence-electron chi connectivity index (χ1n) is 12.4. The van der Waals surface area contributed by atoms with E-state index in [4.69, 9.17) is 23.8 Å². The van der Waals surface area contributed by atoms with Gasteiger partial charge in [-0.25, -0.2) is 19.1 Å². The summed E-state index contributed by atoms with van der Waals surface area (Å²) >= 11 is 0. The first kappa shape index (κ1) is 27.9. The van der Waals surface area contributed by atoms with Crippen molar-refractivity contribution in [3.8, 4) is 11.5 Å². The van der Waals surface area contributed by atoms with Crippen LogP contribution in [0.2, 0.25) is 0 Å². The van der Waals surface area contributed by atoms with Crippen molar-refractivity contribution in [3.05, 3.63) is 57.4 Å². The van der Waals surface area contributed by atoms with Gasteiger partial charge in [-0.1, -0.05) is 30.6 Å². The van der Waals surface area contributed by atoms with Crippen LogP contribution in [-0.2, 0) is 23.9 Å². The highest BCUT2D eigenvalue weighted by Crippen LogP contribution is 2.49. The average Bonchev–Trinajstić information content (AvgIpc) is 3.15. The van der Waals surface area contributed by atoms with Gasteiger partial charge in [0.25, 0.3) is 5.56 Å². The molecule has 1 aliphatic carbocycles. The van der Waals surface area contributed by atoms with Crippen molar-refractivity contribution < 1.29 is 38.2 Å². The summed E-state index contributed by atoms with van der Waals surface area (Å²) in [5.41, 5.74) is -2.41. The molecule has 38 heavy (non-hydrogen) atoms. The van der Waals surface area contributed by atoms with Crippen molar-refractivity contribution in [2.24, 2.45) is 5.92 Å². The fraction of sp³-hybridized carbons (Fsp3) is 0.542. The van der Waals surface area contributed by atoms with Gasteiger partial charge in [0.05, 0.1) is 25.4 Å². The van der Waals surface area contributed by atoms with E-state index in [1.165, 1.54) is 19.2 Å². The number of esters is 1. The number of aliphatic hydroxyl groups is 1. The molecule has 1 aromatic heterocycles. The number of carbonyl (C=O) groups is 1. The van der Waals surface area contributed by atoms with Gasteiger partial charge in [-0.2, -0.15) is 0 Å². The van der Waals surface area contributed by atoms with Gasteiger partial charge in [-0.3, -0.25) is 14.2 Å². The number of para-hydroxylation sites is 2. The van der Waals surface area contributed by atoms with E-state index >= 15 is 0 Å². The fourth-order valence-electron chi connectivity index (χ4n) is 4.52. The van der Waals surface area contributed by atoms with Crippen LogP contribution in [0.3, 0.4) is 0 Å². The highest BCUT2D eigenvalue weighted by molar-refractivity contribution is 7.37. The van der Waals surface area contributed by atoms with E-state index in [1.807, 2.05) is 6.92 Å². The molecule has 1 saturated carbocycles. The second-order valence-corrected chi connectivity index (χ2v) is 10.2. The maximum atomic E-state index is 12.5. The number of aliphatic hydroxyl groups excluding tert-OH is 1. The van der Waals surface area contributed by atoms with Gasteiger partial charge in [0.15, 0.2) is 11.4 Å². The van der Waals surface area contributed by atoms with Crippen LogP contribution < -0.4 is 25.6 Å². The van der Waals surface area contributed by atoms with Gasteiger partial charge in [-0.05, 0) is 31.9 Å². The summed E-state index contributed by atoms with van der Waals surface area (Å²) in [6.07, 6.45) is 1.98. The topological polar surface area (TPSA) is 167 Å². The van der Waals surface area contributed by atoms with Crippen molar-refractivity contribution in [2.75, 3.05) is 19.8 Å². The molecular formula is C24H31N3O10P+. The third kappa shape index (κ3) is 5.82. The molecule has 6 atom stereocenters. The number of ether oxygens (including phenoxy) is 2. The molecule has 1 aliphatic heterocycles. The Morgan fingerprint density at radius 3 is 2.71 bits per heavy atom. The lowest BCUT2D eigenvalue weighted by atomic mass is 9.93. The summed E-state index contributed by atoms with van der Waals surface area (Å²) in [6, 6.07) is 6.11. The number of rotatable bonds is 12. The van der Waals surface area contributed by atoms with Crippen LogP contribution in [0.1, 0.15) is 39.2 Å². The summed E-state index contributed by atoms with van der Waals surface area (Å²) in [5.74, 6) is -0.660. The van der Waals surface area contributed by atoms with Crippen LogP contribution in [0.5, 0.6) is 11.5 Å². The number of aromatic amines is 1. The van der Waals surface area contributed by atoms with Gasteiger partial charge < -0.3 is 19.6 Å². The number of unbranched alkanes of at least 4 members (excludes halogenated alkanes) is 1. The molecule has 4 rings (SSSR count). The molecule has 2 heterocycles. The Morgan fingerprint density at radius 2 is 2.05 bits per heavy atom. The smallest absolute Gasteiger partial charge is 0.489 e. The SMILES string of the molecule is CCCCOC(=O)[C@H](C)N[P+](=O)Oc1ccccc1OC[C@H]1C[C@@H](n2c(=O)cc[nH]c2=O)[C@@]2(COO2)[C@@H]1O. The second-order valence-electron chi connectivity index (χ2n) is 9.23. The number of hydrogen-bond donors (Lipinski definition) is 3. The number of benzene rings is 1. The molecule has 0 bridgehead atoms. The van der Waals surface area contributed by atoms with E-state index in [0.717, 1.165) is 17.4 Å². The van der Waals surface area contributed by atoms with Crippen molar-refractivity contribution in [1.29, 1.82) is 0 Å². The number of aromatic nitrogens is 2. The van der Waals surface area contributed by atoms with E-state index in [0.29, 0.717) is 0 Å². The molecule has 2 aliphatic rings. The molecular weight excluding hydrogens is 521 g/mol. The van der Waals surface area contributed by atoms with Crippen molar-refractivity contribution in [2.45, 2.75) is 56.9 Å². The molecule has 13 nitrogen and oxygen atoms in total. The zero-order valence-corrected chi connectivity index (χ0v) is 21.9. The second kappa shape index (κ2) is 12.2. The van der Waals surface area contributed by atoms with E-state index < -0.39 is 55.1 Å². The van der Waals surface area contributed by atoms with Crippen LogP contribution in [0.25, 0.3) is 0 Å². The predicted molar refractivity (Wildman–Crippen MR) is 133 cm³/mol. The van der Waals surface area contributed by atoms with Gasteiger partial charge in [-0.15, -0.1) is 0 Å². The molecule has 0 amide bonds. The standard InChI is InChI=1S/C24H30N3O10P/c1-3-4-11-33-22(30)15(2)26-38(32)36-18-8-6-5-7-17(18)34-13-16-12-19(24(21(16)29)14-35-37-24)27-20(28)9-10-25-23(27)31/h5-10,15-16,19,21,29H,3-4,11-14H2,1-2H3,(H-,25,26,28,31,32)/p+1/t15-,16+,19+,21+,24-/m0/s1. The molecule has 1 unspecified atom stereocenters. The van der Waals surface area contributed by atoms with Crippen molar-refractivity contribution >= 4 is 14.1 Å². The average molecular weight is 552 g/mol. The van der Waals surface area contributed by atoms with Crippen LogP contribution >= 0.6 is 8.18 Å². The summed E-state index contributed by atoms with van der Waals surface area (Å²) in [4.78, 5) is 49.5. The Labute approximate surface area is 218 Å². The number of carbonyl (C=O) groups excluding carboxylic acids is 1. The van der Waals surface area contributed by atoms with Crippen LogP contribution in [0.15, 0.2) is 46.1 Å². The monoisotopic (exact) mass is 552 g/mol. The van der Waals surface area contributed by atoms with E-state index in [1.54, 1.807) is 24.3 Å². The first-order valence-corrected chi connectivity index (χ1v) is 13.5. The minimum Gasteiger partial charge on any atom is -0.489 e. The van der Waals surface area contributed by atoms with E-state index in [9.17, 15) is 24.1 Å². The third-order valence-electron chi connectivity index (χ3n) is 6.61. The zero-order valence-electron chi connectivity index (χ0n) is 21.0. The molecule has 1 saturated heterocycles. The Bertz CT molecular complexity index is 1230.